The van der Waals surface area contributed by atoms with E-state index < -0.39 is 17.5 Å². The molecular weight excluding hydrogens is 416 g/mol. The van der Waals surface area contributed by atoms with Crippen molar-refractivity contribution >= 4 is 44.9 Å². The van der Waals surface area contributed by atoms with Crippen LogP contribution in [0.1, 0.15) is 0 Å². The maximum absolute atomic E-state index is 13.3. The van der Waals surface area contributed by atoms with Gasteiger partial charge in [-0.1, -0.05) is 30.0 Å². The zero-order valence-corrected chi connectivity index (χ0v) is 16.4. The van der Waals surface area contributed by atoms with Crippen molar-refractivity contribution in [3.63, 3.8) is 0 Å². The average molecular weight is 429 g/mol. The number of nitrogens with one attached hydrogen (secondary N) is 1. The van der Waals surface area contributed by atoms with Crippen LogP contribution in [-0.4, -0.2) is 21.2 Å². The SMILES string of the molecule is O=C(CSc1nc2ccsc2c(=O)n1-c1ccccc1)Nc1cc(F)cc(F)c1. The van der Waals surface area contributed by atoms with Crippen LogP contribution in [-0.2, 0) is 4.79 Å². The van der Waals surface area contributed by atoms with Crippen LogP contribution >= 0.6 is 23.1 Å². The normalized spacial score (nSPS) is 11.0. The summed E-state index contributed by atoms with van der Waals surface area (Å²) in [6, 6.07) is 13.5. The van der Waals surface area contributed by atoms with E-state index in [2.05, 4.69) is 10.3 Å². The van der Waals surface area contributed by atoms with Gasteiger partial charge in [-0.05, 0) is 35.7 Å². The highest BCUT2D eigenvalue weighted by Gasteiger charge is 2.16. The minimum absolute atomic E-state index is 0.0230. The average Bonchev–Trinajstić information content (AvgIpc) is 3.15. The standard InChI is InChI=1S/C20H13F2N3O2S2/c21-12-8-13(22)10-14(9-12)23-17(26)11-29-20-24-16-6-7-28-18(16)19(27)25(20)15-4-2-1-3-5-15/h1-10H,11H2,(H,23,26). The van der Waals surface area contributed by atoms with E-state index in [0.29, 0.717) is 21.1 Å². The van der Waals surface area contributed by atoms with Crippen molar-refractivity contribution in [3.8, 4) is 5.69 Å². The third-order valence-electron chi connectivity index (χ3n) is 3.94. The first-order valence-electron chi connectivity index (χ1n) is 8.46. The largest absolute Gasteiger partial charge is 0.325 e. The zero-order chi connectivity index (χ0) is 20.4. The molecule has 9 heteroatoms. The molecule has 4 aromatic rings. The highest BCUT2D eigenvalue weighted by Crippen LogP contribution is 2.24. The highest BCUT2D eigenvalue weighted by molar-refractivity contribution is 7.99. The van der Waals surface area contributed by atoms with Crippen molar-refractivity contribution < 1.29 is 13.6 Å². The van der Waals surface area contributed by atoms with Crippen molar-refractivity contribution in [2.75, 3.05) is 11.1 Å². The third-order valence-corrected chi connectivity index (χ3v) is 5.77. The first-order valence-corrected chi connectivity index (χ1v) is 10.3. The number of thiophene rings is 1. The summed E-state index contributed by atoms with van der Waals surface area (Å²) >= 11 is 2.37. The Labute approximate surface area is 172 Å². The number of halogens is 2. The Morgan fingerprint density at radius 1 is 1.10 bits per heavy atom. The number of hydrogen-bond acceptors (Lipinski definition) is 5. The molecule has 0 saturated heterocycles. The van der Waals surface area contributed by atoms with Gasteiger partial charge in [-0.15, -0.1) is 11.3 Å². The Kier molecular flexibility index (Phi) is 5.41. The van der Waals surface area contributed by atoms with Crippen LogP contribution in [0.2, 0.25) is 0 Å². The fourth-order valence-electron chi connectivity index (χ4n) is 2.75. The molecule has 2 heterocycles. The quantitative estimate of drug-likeness (QED) is 0.376. The molecule has 0 fully saturated rings. The molecule has 0 spiro atoms. The van der Waals surface area contributed by atoms with E-state index in [9.17, 15) is 18.4 Å². The van der Waals surface area contributed by atoms with Gasteiger partial charge >= 0.3 is 0 Å². The number of aromatic nitrogens is 2. The summed E-state index contributed by atoms with van der Waals surface area (Å²) in [5.41, 5.74) is 0.999. The lowest BCUT2D eigenvalue weighted by atomic mass is 10.3. The van der Waals surface area contributed by atoms with Crippen LogP contribution in [0.4, 0.5) is 14.5 Å². The molecule has 0 atom stereocenters. The molecule has 0 radical (unpaired) electrons. The number of hydrogen-bond donors (Lipinski definition) is 1. The van der Waals surface area contributed by atoms with Gasteiger partial charge in [0.1, 0.15) is 16.3 Å². The Morgan fingerprint density at radius 2 is 1.83 bits per heavy atom. The van der Waals surface area contributed by atoms with Gasteiger partial charge in [0.15, 0.2) is 5.16 Å². The van der Waals surface area contributed by atoms with Crippen LogP contribution in [0.3, 0.4) is 0 Å². The summed E-state index contributed by atoms with van der Waals surface area (Å²) in [6.07, 6.45) is 0. The maximum Gasteiger partial charge on any atom is 0.276 e. The first kappa shape index (κ1) is 19.3. The van der Waals surface area contributed by atoms with E-state index in [1.54, 1.807) is 35.7 Å². The van der Waals surface area contributed by atoms with E-state index in [0.717, 1.165) is 30.0 Å². The highest BCUT2D eigenvalue weighted by atomic mass is 32.2. The van der Waals surface area contributed by atoms with Gasteiger partial charge in [0.25, 0.3) is 5.56 Å². The van der Waals surface area contributed by atoms with Crippen molar-refractivity contribution in [2.24, 2.45) is 0 Å². The topological polar surface area (TPSA) is 64.0 Å². The maximum atomic E-state index is 13.3. The van der Waals surface area contributed by atoms with Crippen LogP contribution in [0.25, 0.3) is 15.9 Å². The van der Waals surface area contributed by atoms with Gasteiger partial charge < -0.3 is 5.32 Å². The molecule has 2 aromatic carbocycles. The number of anilines is 1. The summed E-state index contributed by atoms with van der Waals surface area (Å²) in [5, 5.41) is 4.59. The number of thioether (sulfide) groups is 1. The molecule has 146 valence electrons. The number of amides is 1. The van der Waals surface area contributed by atoms with Crippen LogP contribution in [0.15, 0.2) is 69.9 Å². The predicted octanol–water partition coefficient (Wildman–Crippen LogP) is 4.46. The Hall–Kier alpha value is -3.04. The lowest BCUT2D eigenvalue weighted by molar-refractivity contribution is -0.113. The molecule has 0 bridgehead atoms. The molecule has 4 rings (SSSR count). The Balaban J connectivity index is 1.62. The minimum atomic E-state index is -0.782. The summed E-state index contributed by atoms with van der Waals surface area (Å²) in [5.74, 6) is -2.13. The second-order valence-electron chi connectivity index (χ2n) is 6.00. The van der Waals surface area contributed by atoms with Crippen molar-refractivity contribution in [2.45, 2.75) is 5.16 Å². The van der Waals surface area contributed by atoms with Crippen molar-refractivity contribution in [1.29, 1.82) is 0 Å². The molecule has 5 nitrogen and oxygen atoms in total. The molecule has 2 aromatic heterocycles. The Morgan fingerprint density at radius 3 is 2.55 bits per heavy atom. The van der Waals surface area contributed by atoms with E-state index in [1.807, 2.05) is 6.07 Å². The number of benzene rings is 2. The summed E-state index contributed by atoms with van der Waals surface area (Å²) < 4.78 is 28.6. The number of para-hydroxylation sites is 1. The van der Waals surface area contributed by atoms with Gasteiger partial charge in [-0.2, -0.15) is 0 Å². The monoisotopic (exact) mass is 429 g/mol. The van der Waals surface area contributed by atoms with Gasteiger partial charge in [0, 0.05) is 11.8 Å². The van der Waals surface area contributed by atoms with Gasteiger partial charge in [0.2, 0.25) is 5.91 Å². The lowest BCUT2D eigenvalue weighted by Crippen LogP contribution is -2.22. The second-order valence-corrected chi connectivity index (χ2v) is 7.86. The van der Waals surface area contributed by atoms with Gasteiger partial charge in [-0.25, -0.2) is 13.8 Å². The van der Waals surface area contributed by atoms with Crippen LogP contribution in [0, 0.1) is 11.6 Å². The number of carbonyl (C=O) groups excluding carboxylic acids is 1. The molecule has 0 aliphatic carbocycles. The molecular formula is C20H13F2N3O2S2. The number of nitrogens with zero attached hydrogens (tertiary/aromatic N) is 2. The van der Waals surface area contributed by atoms with Crippen LogP contribution in [0.5, 0.6) is 0 Å². The molecule has 0 aliphatic heterocycles. The number of carbonyl (C=O) groups is 1. The van der Waals surface area contributed by atoms with Crippen LogP contribution < -0.4 is 10.9 Å². The molecule has 0 aliphatic rings. The molecule has 0 saturated carbocycles. The van der Waals surface area contributed by atoms with Gasteiger partial charge in [0.05, 0.1) is 17.0 Å². The van der Waals surface area contributed by atoms with Crippen molar-refractivity contribution in [1.82, 2.24) is 9.55 Å². The molecule has 1 amide bonds. The fourth-order valence-corrected chi connectivity index (χ4v) is 4.32. The van der Waals surface area contributed by atoms with E-state index in [1.165, 1.54) is 15.9 Å². The lowest BCUT2D eigenvalue weighted by Gasteiger charge is -2.12. The molecule has 29 heavy (non-hydrogen) atoms. The van der Waals surface area contributed by atoms with Crippen molar-refractivity contribution in [3.05, 3.63) is 82.0 Å². The van der Waals surface area contributed by atoms with E-state index >= 15 is 0 Å². The number of fused-ring (bicyclic) bond motifs is 1. The second kappa shape index (κ2) is 8.14. The predicted molar refractivity (Wildman–Crippen MR) is 111 cm³/mol. The van der Waals surface area contributed by atoms with E-state index in [4.69, 9.17) is 0 Å². The fraction of sp³-hybridized carbons (Fsp3) is 0.0500. The molecule has 1 N–H and O–H groups in total. The Bertz CT molecular complexity index is 1240. The zero-order valence-electron chi connectivity index (χ0n) is 14.8. The summed E-state index contributed by atoms with van der Waals surface area (Å²) in [4.78, 5) is 29.7. The third kappa shape index (κ3) is 4.20. The van der Waals surface area contributed by atoms with E-state index in [-0.39, 0.29) is 17.0 Å². The van der Waals surface area contributed by atoms with Gasteiger partial charge in [-0.3, -0.25) is 14.2 Å². The smallest absolute Gasteiger partial charge is 0.276 e. The molecule has 0 unspecified atom stereocenters. The summed E-state index contributed by atoms with van der Waals surface area (Å²) in [6.45, 7) is 0. The summed E-state index contributed by atoms with van der Waals surface area (Å²) in [7, 11) is 0. The first-order chi connectivity index (χ1) is 14.0. The number of rotatable bonds is 5. The minimum Gasteiger partial charge on any atom is -0.325 e.